The second-order valence-electron chi connectivity index (χ2n) is 6.67. The molecule has 154 valence electrons. The van der Waals surface area contributed by atoms with Gasteiger partial charge in [-0.3, -0.25) is 9.69 Å². The number of ether oxygens (including phenoxy) is 1. The third-order valence-electron chi connectivity index (χ3n) is 4.10. The monoisotopic (exact) mass is 471 g/mol. The molecule has 1 heterocycles. The minimum Gasteiger partial charge on any atom is -0.482 e. The summed E-state index contributed by atoms with van der Waals surface area (Å²) in [6, 6.07) is 10.4. The van der Waals surface area contributed by atoms with E-state index in [1.165, 1.54) is 11.3 Å². The zero-order chi connectivity index (χ0) is 21.0. The number of aromatic nitrogens is 1. The lowest BCUT2D eigenvalue weighted by atomic mass is 10.3. The lowest BCUT2D eigenvalue weighted by molar-refractivity contribution is -0.120. The van der Waals surface area contributed by atoms with Gasteiger partial charge in [-0.15, -0.1) is 0 Å². The molecule has 3 rings (SSSR count). The standard InChI is InChI=1S/C20H20Cl3N3O2S/c1-25(2)8-3-9-26(20-24-16-6-4-14(22)11-18(16)29-20)19(27)12-28-17-7-5-13(21)10-15(17)23/h4-7,10-11H,3,8-9,12H2,1-2H3. The molecule has 0 N–H and O–H groups in total. The van der Waals surface area contributed by atoms with Gasteiger partial charge in [0.1, 0.15) is 5.75 Å². The van der Waals surface area contributed by atoms with Crippen molar-refractivity contribution in [2.75, 3.05) is 38.7 Å². The molecule has 0 aliphatic heterocycles. The van der Waals surface area contributed by atoms with Gasteiger partial charge in [0.05, 0.1) is 15.2 Å². The largest absolute Gasteiger partial charge is 0.482 e. The van der Waals surface area contributed by atoms with Crippen LogP contribution in [0, 0.1) is 0 Å². The van der Waals surface area contributed by atoms with Gasteiger partial charge in [0, 0.05) is 16.6 Å². The molecule has 0 radical (unpaired) electrons. The average Bonchev–Trinajstić information content (AvgIpc) is 3.06. The van der Waals surface area contributed by atoms with E-state index >= 15 is 0 Å². The van der Waals surface area contributed by atoms with Crippen molar-refractivity contribution in [1.29, 1.82) is 0 Å². The highest BCUT2D eigenvalue weighted by Crippen LogP contribution is 2.31. The van der Waals surface area contributed by atoms with Crippen LogP contribution in [0.5, 0.6) is 5.75 Å². The van der Waals surface area contributed by atoms with Gasteiger partial charge in [0.2, 0.25) is 0 Å². The number of amides is 1. The maximum atomic E-state index is 13.0. The van der Waals surface area contributed by atoms with Crippen molar-refractivity contribution in [2.45, 2.75) is 6.42 Å². The SMILES string of the molecule is CN(C)CCCN(C(=O)COc1ccc(Cl)cc1Cl)c1nc2ccc(Cl)cc2s1. The minimum absolute atomic E-state index is 0.153. The summed E-state index contributed by atoms with van der Waals surface area (Å²) in [6.07, 6.45) is 0.803. The van der Waals surface area contributed by atoms with E-state index < -0.39 is 0 Å². The quantitative estimate of drug-likeness (QED) is 0.427. The summed E-state index contributed by atoms with van der Waals surface area (Å²) in [5, 5.41) is 2.13. The molecule has 0 saturated heterocycles. The molecular formula is C20H20Cl3N3O2S. The molecule has 1 amide bonds. The molecule has 0 spiro atoms. The Morgan fingerprint density at radius 2 is 1.79 bits per heavy atom. The van der Waals surface area contributed by atoms with Crippen LogP contribution in [-0.4, -0.2) is 49.6 Å². The number of anilines is 1. The van der Waals surface area contributed by atoms with Crippen molar-refractivity contribution in [3.05, 3.63) is 51.5 Å². The first-order chi connectivity index (χ1) is 13.8. The summed E-state index contributed by atoms with van der Waals surface area (Å²) in [5.41, 5.74) is 0.807. The predicted octanol–water partition coefficient (Wildman–Crippen LogP) is 5.62. The predicted molar refractivity (Wildman–Crippen MR) is 122 cm³/mol. The lowest BCUT2D eigenvalue weighted by Gasteiger charge is -2.21. The summed E-state index contributed by atoms with van der Waals surface area (Å²) in [4.78, 5) is 21.3. The van der Waals surface area contributed by atoms with Crippen molar-refractivity contribution >= 4 is 67.4 Å². The van der Waals surface area contributed by atoms with Gasteiger partial charge in [-0.05, 0) is 63.5 Å². The fourth-order valence-electron chi connectivity index (χ4n) is 2.68. The molecule has 0 atom stereocenters. The molecule has 5 nitrogen and oxygen atoms in total. The smallest absolute Gasteiger partial charge is 0.266 e. The normalized spacial score (nSPS) is 11.2. The van der Waals surface area contributed by atoms with Crippen LogP contribution in [0.1, 0.15) is 6.42 Å². The van der Waals surface area contributed by atoms with Gasteiger partial charge in [0.15, 0.2) is 11.7 Å². The number of hydrogen-bond acceptors (Lipinski definition) is 5. The molecule has 0 bridgehead atoms. The Morgan fingerprint density at radius 1 is 1.07 bits per heavy atom. The Hall–Kier alpha value is -1.57. The Morgan fingerprint density at radius 3 is 2.52 bits per heavy atom. The van der Waals surface area contributed by atoms with Gasteiger partial charge in [0.25, 0.3) is 5.91 Å². The maximum absolute atomic E-state index is 13.0. The summed E-state index contributed by atoms with van der Waals surface area (Å²) >= 11 is 19.6. The fraction of sp³-hybridized carbons (Fsp3) is 0.300. The molecule has 0 aliphatic rings. The summed E-state index contributed by atoms with van der Waals surface area (Å²) in [5.74, 6) is 0.216. The zero-order valence-electron chi connectivity index (χ0n) is 16.0. The van der Waals surface area contributed by atoms with E-state index in [1.54, 1.807) is 29.2 Å². The van der Waals surface area contributed by atoms with Gasteiger partial charge in [-0.2, -0.15) is 0 Å². The highest BCUT2D eigenvalue weighted by Gasteiger charge is 2.21. The van der Waals surface area contributed by atoms with Crippen LogP contribution in [0.2, 0.25) is 15.1 Å². The van der Waals surface area contributed by atoms with E-state index in [9.17, 15) is 4.79 Å². The Labute approximate surface area is 188 Å². The first kappa shape index (κ1) is 22.1. The maximum Gasteiger partial charge on any atom is 0.266 e. The van der Waals surface area contributed by atoms with Crippen molar-refractivity contribution < 1.29 is 9.53 Å². The number of hydrogen-bond donors (Lipinski definition) is 0. The van der Waals surface area contributed by atoms with Crippen LogP contribution in [0.15, 0.2) is 36.4 Å². The van der Waals surface area contributed by atoms with E-state index in [4.69, 9.17) is 39.5 Å². The number of halogens is 3. The highest BCUT2D eigenvalue weighted by molar-refractivity contribution is 7.22. The number of carbonyl (C=O) groups is 1. The van der Waals surface area contributed by atoms with Crippen LogP contribution in [0.25, 0.3) is 10.2 Å². The van der Waals surface area contributed by atoms with Gasteiger partial charge in [-0.25, -0.2) is 4.98 Å². The molecule has 29 heavy (non-hydrogen) atoms. The Bertz CT molecular complexity index is 1010. The number of fused-ring (bicyclic) bond motifs is 1. The molecule has 0 fully saturated rings. The molecule has 0 unspecified atom stereocenters. The van der Waals surface area contributed by atoms with Crippen LogP contribution in [0.4, 0.5) is 5.13 Å². The number of rotatable bonds is 8. The summed E-state index contributed by atoms with van der Waals surface area (Å²) in [6.45, 7) is 1.23. The second-order valence-corrected chi connectivity index (χ2v) is 8.96. The number of benzene rings is 2. The second kappa shape index (κ2) is 9.96. The molecule has 0 saturated carbocycles. The van der Waals surface area contributed by atoms with E-state index in [0.29, 0.717) is 32.5 Å². The fourth-order valence-corrected chi connectivity index (χ4v) is 4.43. The summed E-state index contributed by atoms with van der Waals surface area (Å²) in [7, 11) is 4.00. The first-order valence-corrected chi connectivity index (χ1v) is 10.9. The molecule has 1 aromatic heterocycles. The minimum atomic E-state index is -0.195. The zero-order valence-corrected chi connectivity index (χ0v) is 19.1. The van der Waals surface area contributed by atoms with E-state index in [1.807, 2.05) is 26.2 Å². The first-order valence-electron chi connectivity index (χ1n) is 8.92. The molecule has 2 aromatic carbocycles. The Kier molecular flexibility index (Phi) is 7.60. The van der Waals surface area contributed by atoms with Gasteiger partial charge < -0.3 is 9.64 Å². The molecular weight excluding hydrogens is 453 g/mol. The van der Waals surface area contributed by atoms with Crippen LogP contribution in [0.3, 0.4) is 0 Å². The van der Waals surface area contributed by atoms with Crippen molar-refractivity contribution in [2.24, 2.45) is 0 Å². The molecule has 0 aliphatic carbocycles. The average molecular weight is 473 g/mol. The van der Waals surface area contributed by atoms with Gasteiger partial charge >= 0.3 is 0 Å². The van der Waals surface area contributed by atoms with E-state index in [0.717, 1.165) is 23.2 Å². The van der Waals surface area contributed by atoms with Crippen molar-refractivity contribution in [1.82, 2.24) is 9.88 Å². The number of nitrogens with zero attached hydrogens (tertiary/aromatic N) is 3. The van der Waals surface area contributed by atoms with Crippen molar-refractivity contribution in [3.8, 4) is 5.75 Å². The van der Waals surface area contributed by atoms with E-state index in [-0.39, 0.29) is 12.5 Å². The Balaban J connectivity index is 1.78. The van der Waals surface area contributed by atoms with Crippen LogP contribution >= 0.6 is 46.1 Å². The number of carbonyl (C=O) groups excluding carboxylic acids is 1. The topological polar surface area (TPSA) is 45.7 Å². The third kappa shape index (κ3) is 5.96. The molecule has 9 heteroatoms. The van der Waals surface area contributed by atoms with Crippen LogP contribution < -0.4 is 9.64 Å². The molecule has 3 aromatic rings. The number of thiazole rings is 1. The van der Waals surface area contributed by atoms with Gasteiger partial charge in [-0.1, -0.05) is 46.1 Å². The third-order valence-corrected chi connectivity index (χ3v) is 5.91. The van der Waals surface area contributed by atoms with Crippen molar-refractivity contribution in [3.63, 3.8) is 0 Å². The summed E-state index contributed by atoms with van der Waals surface area (Å²) < 4.78 is 6.57. The lowest BCUT2D eigenvalue weighted by Crippen LogP contribution is -2.36. The highest BCUT2D eigenvalue weighted by atomic mass is 35.5. The van der Waals surface area contributed by atoms with Crippen LogP contribution in [-0.2, 0) is 4.79 Å². The van der Waals surface area contributed by atoms with E-state index in [2.05, 4.69) is 9.88 Å².